The molecule has 25 heavy (non-hydrogen) atoms. The number of aromatic amines is 1. The molecule has 1 aliphatic heterocycles. The third kappa shape index (κ3) is 3.54. The Morgan fingerprint density at radius 2 is 2.08 bits per heavy atom. The quantitative estimate of drug-likeness (QED) is 0.881. The van der Waals surface area contributed by atoms with E-state index in [1.807, 2.05) is 18.2 Å². The summed E-state index contributed by atoms with van der Waals surface area (Å²) in [6.07, 6.45) is 2.77. The van der Waals surface area contributed by atoms with Crippen LogP contribution < -0.4 is 5.32 Å². The number of amides is 2. The van der Waals surface area contributed by atoms with E-state index in [9.17, 15) is 9.59 Å². The zero-order valence-corrected chi connectivity index (χ0v) is 14.4. The first-order valence-electron chi connectivity index (χ1n) is 8.51. The van der Waals surface area contributed by atoms with E-state index in [0.717, 1.165) is 24.8 Å². The first-order chi connectivity index (χ1) is 12.1. The van der Waals surface area contributed by atoms with Crippen LogP contribution in [0.3, 0.4) is 0 Å². The monoisotopic (exact) mass is 358 g/mol. The van der Waals surface area contributed by atoms with Crippen molar-refractivity contribution in [2.75, 3.05) is 13.1 Å². The van der Waals surface area contributed by atoms with E-state index in [1.54, 1.807) is 17.0 Å². The lowest BCUT2D eigenvalue weighted by molar-refractivity contribution is -0.122. The zero-order chi connectivity index (χ0) is 17.4. The molecule has 4 rings (SSSR count). The van der Waals surface area contributed by atoms with Crippen molar-refractivity contribution in [3.8, 4) is 11.3 Å². The number of carbonyl (C=O) groups is 2. The Hall–Kier alpha value is -2.34. The minimum Gasteiger partial charge on any atom is -0.351 e. The fourth-order valence-electron chi connectivity index (χ4n) is 3.12. The molecule has 130 valence electrons. The number of rotatable bonds is 4. The molecule has 0 bridgehead atoms. The summed E-state index contributed by atoms with van der Waals surface area (Å²) in [6.45, 7) is 1.18. The Morgan fingerprint density at radius 3 is 2.84 bits per heavy atom. The van der Waals surface area contributed by atoms with Crippen molar-refractivity contribution in [1.29, 1.82) is 0 Å². The fraction of sp³-hybridized carbons (Fsp3) is 0.389. The molecule has 1 aliphatic carbocycles. The average Bonchev–Trinajstić information content (AvgIpc) is 3.16. The maximum absolute atomic E-state index is 12.7. The largest absolute Gasteiger partial charge is 0.351 e. The summed E-state index contributed by atoms with van der Waals surface area (Å²) in [5.74, 6) is 0.227. The van der Waals surface area contributed by atoms with Gasteiger partial charge in [-0.1, -0.05) is 23.7 Å². The molecule has 0 unspecified atom stereocenters. The molecule has 1 saturated carbocycles. The molecule has 0 radical (unpaired) electrons. The maximum atomic E-state index is 12.7. The summed E-state index contributed by atoms with van der Waals surface area (Å²) < 4.78 is 0. The number of nitrogens with zero attached hydrogens (tertiary/aromatic N) is 2. The summed E-state index contributed by atoms with van der Waals surface area (Å²) in [7, 11) is 0. The van der Waals surface area contributed by atoms with Crippen molar-refractivity contribution < 1.29 is 9.59 Å². The predicted molar refractivity (Wildman–Crippen MR) is 94.2 cm³/mol. The number of halogens is 1. The Labute approximate surface area is 150 Å². The highest BCUT2D eigenvalue weighted by atomic mass is 35.5. The van der Waals surface area contributed by atoms with Crippen LogP contribution in [0.1, 0.15) is 29.8 Å². The maximum Gasteiger partial charge on any atom is 0.271 e. The number of aromatic nitrogens is 2. The van der Waals surface area contributed by atoms with Gasteiger partial charge in [0, 0.05) is 35.6 Å². The average molecular weight is 359 g/mol. The first-order valence-corrected chi connectivity index (χ1v) is 8.89. The second-order valence-corrected chi connectivity index (χ2v) is 7.13. The number of hydrogen-bond donors (Lipinski definition) is 2. The van der Waals surface area contributed by atoms with Crippen LogP contribution in [0.4, 0.5) is 0 Å². The molecule has 2 heterocycles. The SMILES string of the molecule is O=C(N[C@@H]1CCN(C(=O)c2cc(-c3cccc(Cl)c3)n[nH]2)C1)C1CC1. The smallest absolute Gasteiger partial charge is 0.271 e. The molecule has 1 atom stereocenters. The Bertz CT molecular complexity index is 815. The van der Waals surface area contributed by atoms with E-state index in [4.69, 9.17) is 11.6 Å². The third-order valence-electron chi connectivity index (χ3n) is 4.70. The van der Waals surface area contributed by atoms with Crippen LogP contribution in [0.2, 0.25) is 5.02 Å². The van der Waals surface area contributed by atoms with Crippen LogP contribution in [-0.4, -0.2) is 46.0 Å². The summed E-state index contributed by atoms with van der Waals surface area (Å²) in [6, 6.07) is 9.14. The van der Waals surface area contributed by atoms with Gasteiger partial charge in [-0.2, -0.15) is 5.10 Å². The lowest BCUT2D eigenvalue weighted by Crippen LogP contribution is -2.39. The van der Waals surface area contributed by atoms with Gasteiger partial charge in [-0.25, -0.2) is 0 Å². The van der Waals surface area contributed by atoms with Gasteiger partial charge >= 0.3 is 0 Å². The minimum atomic E-state index is -0.0936. The Kier molecular flexibility index (Phi) is 4.21. The van der Waals surface area contributed by atoms with E-state index in [1.165, 1.54) is 0 Å². The van der Waals surface area contributed by atoms with Gasteiger partial charge in [-0.05, 0) is 37.5 Å². The number of likely N-dealkylation sites (tertiary alicyclic amines) is 1. The molecular weight excluding hydrogens is 340 g/mol. The molecule has 0 spiro atoms. The minimum absolute atomic E-state index is 0.0485. The van der Waals surface area contributed by atoms with E-state index >= 15 is 0 Å². The molecule has 7 heteroatoms. The van der Waals surface area contributed by atoms with Crippen molar-refractivity contribution in [2.24, 2.45) is 5.92 Å². The molecule has 2 fully saturated rings. The molecule has 2 amide bonds. The van der Waals surface area contributed by atoms with Gasteiger partial charge in [0.1, 0.15) is 5.69 Å². The van der Waals surface area contributed by atoms with Gasteiger partial charge in [-0.15, -0.1) is 0 Å². The van der Waals surface area contributed by atoms with Crippen LogP contribution in [0, 0.1) is 5.92 Å². The summed E-state index contributed by atoms with van der Waals surface area (Å²) in [5, 5.41) is 10.7. The molecule has 2 N–H and O–H groups in total. The number of hydrogen-bond acceptors (Lipinski definition) is 3. The van der Waals surface area contributed by atoms with Crippen molar-refractivity contribution in [3.63, 3.8) is 0 Å². The second kappa shape index (κ2) is 6.52. The number of benzene rings is 1. The molecule has 2 aromatic rings. The molecule has 6 nitrogen and oxygen atoms in total. The highest BCUT2D eigenvalue weighted by molar-refractivity contribution is 6.30. The Morgan fingerprint density at radius 1 is 1.24 bits per heavy atom. The van der Waals surface area contributed by atoms with Crippen molar-refractivity contribution in [1.82, 2.24) is 20.4 Å². The number of nitrogens with one attached hydrogen (secondary N) is 2. The van der Waals surface area contributed by atoms with Crippen LogP contribution in [-0.2, 0) is 4.79 Å². The normalized spacial score (nSPS) is 19.9. The molecule has 1 aromatic heterocycles. The fourth-order valence-corrected chi connectivity index (χ4v) is 3.31. The third-order valence-corrected chi connectivity index (χ3v) is 4.93. The van der Waals surface area contributed by atoms with E-state index < -0.39 is 0 Å². The topological polar surface area (TPSA) is 78.1 Å². The van der Waals surface area contributed by atoms with E-state index in [-0.39, 0.29) is 23.8 Å². The summed E-state index contributed by atoms with van der Waals surface area (Å²) in [4.78, 5) is 26.3. The van der Waals surface area contributed by atoms with Crippen LogP contribution in [0.5, 0.6) is 0 Å². The highest BCUT2D eigenvalue weighted by Gasteiger charge is 2.34. The van der Waals surface area contributed by atoms with E-state index in [2.05, 4.69) is 15.5 Å². The van der Waals surface area contributed by atoms with Crippen molar-refractivity contribution in [2.45, 2.75) is 25.3 Å². The van der Waals surface area contributed by atoms with Gasteiger partial charge < -0.3 is 10.2 Å². The molecular formula is C18H19ClN4O2. The molecule has 1 aromatic carbocycles. The van der Waals surface area contributed by atoms with Gasteiger partial charge in [0.2, 0.25) is 5.91 Å². The van der Waals surface area contributed by atoms with Crippen molar-refractivity contribution in [3.05, 3.63) is 41.0 Å². The van der Waals surface area contributed by atoms with Crippen LogP contribution in [0.25, 0.3) is 11.3 Å². The Balaban J connectivity index is 1.40. The molecule has 1 saturated heterocycles. The standard InChI is InChI=1S/C18H19ClN4O2/c19-13-3-1-2-12(8-13)15-9-16(22-21-15)18(25)23-7-6-14(10-23)20-17(24)11-4-5-11/h1-3,8-9,11,14H,4-7,10H2,(H,20,24)(H,21,22)/t14-/m1/s1. The highest BCUT2D eigenvalue weighted by Crippen LogP contribution is 2.29. The zero-order valence-electron chi connectivity index (χ0n) is 13.7. The molecule has 2 aliphatic rings. The number of carbonyl (C=O) groups excluding carboxylic acids is 2. The van der Waals surface area contributed by atoms with Gasteiger partial charge in [0.05, 0.1) is 5.69 Å². The van der Waals surface area contributed by atoms with Crippen LogP contribution >= 0.6 is 11.6 Å². The van der Waals surface area contributed by atoms with Gasteiger partial charge in [0.15, 0.2) is 0 Å². The van der Waals surface area contributed by atoms with Gasteiger partial charge in [-0.3, -0.25) is 14.7 Å². The van der Waals surface area contributed by atoms with E-state index in [0.29, 0.717) is 29.5 Å². The number of H-pyrrole nitrogens is 1. The predicted octanol–water partition coefficient (Wildman–Crippen LogP) is 2.47. The first kappa shape index (κ1) is 16.1. The lowest BCUT2D eigenvalue weighted by atomic mass is 10.1. The second-order valence-electron chi connectivity index (χ2n) is 6.70. The lowest BCUT2D eigenvalue weighted by Gasteiger charge is -2.16. The van der Waals surface area contributed by atoms with Gasteiger partial charge in [0.25, 0.3) is 5.91 Å². The summed E-state index contributed by atoms with van der Waals surface area (Å²) in [5.41, 5.74) is 1.99. The summed E-state index contributed by atoms with van der Waals surface area (Å²) >= 11 is 6.00. The van der Waals surface area contributed by atoms with Crippen molar-refractivity contribution >= 4 is 23.4 Å². The van der Waals surface area contributed by atoms with Crippen LogP contribution in [0.15, 0.2) is 30.3 Å².